The summed E-state index contributed by atoms with van der Waals surface area (Å²) in [6, 6.07) is 19.2. The second kappa shape index (κ2) is 5.55. The number of nitrogens with zero attached hydrogens (tertiary/aromatic N) is 4. The van der Waals surface area contributed by atoms with Crippen molar-refractivity contribution in [2.75, 3.05) is 11.9 Å². The van der Waals surface area contributed by atoms with E-state index in [1.165, 1.54) is 0 Å². The Bertz CT molecular complexity index is 1190. The van der Waals surface area contributed by atoms with Gasteiger partial charge in [0.25, 0.3) is 5.91 Å². The first-order chi connectivity index (χ1) is 13.2. The van der Waals surface area contributed by atoms with E-state index in [1.807, 2.05) is 59.5 Å². The van der Waals surface area contributed by atoms with Crippen LogP contribution in [-0.2, 0) is 0 Å². The van der Waals surface area contributed by atoms with E-state index >= 15 is 0 Å². The lowest BCUT2D eigenvalue weighted by atomic mass is 10.0. The highest BCUT2D eigenvalue weighted by Crippen LogP contribution is 2.48. The minimum absolute atomic E-state index is 0.0287. The third-order valence-corrected chi connectivity index (χ3v) is 5.02. The van der Waals surface area contributed by atoms with E-state index in [2.05, 4.69) is 11.1 Å². The number of benzene rings is 2. The molecule has 2 aliphatic rings. The molecule has 3 aromatic rings. The van der Waals surface area contributed by atoms with E-state index in [0.717, 1.165) is 34.0 Å². The predicted molar refractivity (Wildman–Crippen MR) is 104 cm³/mol. The van der Waals surface area contributed by atoms with Gasteiger partial charge in [-0.1, -0.05) is 18.2 Å². The van der Waals surface area contributed by atoms with E-state index in [4.69, 9.17) is 0 Å². The minimum Gasteiger partial charge on any atom is -0.311 e. The van der Waals surface area contributed by atoms with Gasteiger partial charge >= 0.3 is 0 Å². The highest BCUT2D eigenvalue weighted by molar-refractivity contribution is 6.16. The lowest BCUT2D eigenvalue weighted by Crippen LogP contribution is -2.17. The maximum Gasteiger partial charge on any atom is 0.258 e. The summed E-state index contributed by atoms with van der Waals surface area (Å²) in [6.07, 6.45) is 3.73. The van der Waals surface area contributed by atoms with Crippen molar-refractivity contribution in [2.45, 2.75) is 0 Å². The Morgan fingerprint density at radius 2 is 1.81 bits per heavy atom. The Morgan fingerprint density at radius 1 is 1.00 bits per heavy atom. The summed E-state index contributed by atoms with van der Waals surface area (Å²) in [4.78, 5) is 21.0. The number of pyridine rings is 1. The van der Waals surface area contributed by atoms with Crippen LogP contribution in [-0.4, -0.2) is 22.8 Å². The molecule has 0 spiro atoms. The second-order valence-electron chi connectivity index (χ2n) is 6.47. The number of carbonyl (C=O) groups is 1. The Kier molecular flexibility index (Phi) is 3.15. The summed E-state index contributed by atoms with van der Waals surface area (Å²) in [6.45, 7) is 0. The number of para-hydroxylation sites is 1. The van der Waals surface area contributed by atoms with Crippen LogP contribution >= 0.6 is 0 Å². The predicted octanol–water partition coefficient (Wildman–Crippen LogP) is 4.32. The van der Waals surface area contributed by atoms with Gasteiger partial charge in [0.1, 0.15) is 11.9 Å². The molecule has 0 fully saturated rings. The van der Waals surface area contributed by atoms with Crippen LogP contribution in [0, 0.1) is 11.3 Å². The molecule has 0 radical (unpaired) electrons. The van der Waals surface area contributed by atoms with Crippen molar-refractivity contribution in [3.05, 3.63) is 83.0 Å². The summed E-state index contributed by atoms with van der Waals surface area (Å²) in [5.41, 5.74) is 5.40. The average Bonchev–Trinajstić information content (AvgIpc) is 2.87. The summed E-state index contributed by atoms with van der Waals surface area (Å²) in [7, 11) is 1.78. The van der Waals surface area contributed by atoms with Gasteiger partial charge in [0.15, 0.2) is 0 Å². The number of fused-ring (bicyclic) bond motifs is 1. The van der Waals surface area contributed by atoms with Gasteiger partial charge in [-0.05, 0) is 42.5 Å². The highest BCUT2D eigenvalue weighted by atomic mass is 16.2. The molecule has 2 aliphatic heterocycles. The first-order valence-electron chi connectivity index (χ1n) is 8.58. The number of hydrogen-bond acceptors (Lipinski definition) is 4. The van der Waals surface area contributed by atoms with E-state index in [-0.39, 0.29) is 5.91 Å². The van der Waals surface area contributed by atoms with Crippen LogP contribution in [0.2, 0.25) is 0 Å². The van der Waals surface area contributed by atoms with E-state index < -0.39 is 0 Å². The van der Waals surface area contributed by atoms with E-state index in [0.29, 0.717) is 11.1 Å². The molecule has 0 atom stereocenters. The molecule has 0 saturated carbocycles. The summed E-state index contributed by atoms with van der Waals surface area (Å²) in [5, 5.41) is 9.65. The van der Waals surface area contributed by atoms with Gasteiger partial charge in [-0.25, -0.2) is 4.98 Å². The SMILES string of the molecule is CN1C(=O)c2cccc3c2C1=Cc1cccnc1N3c1ccccc1C#N. The number of amides is 1. The summed E-state index contributed by atoms with van der Waals surface area (Å²) < 4.78 is 0. The molecule has 5 nitrogen and oxygen atoms in total. The van der Waals surface area contributed by atoms with Crippen molar-refractivity contribution < 1.29 is 4.79 Å². The van der Waals surface area contributed by atoms with Gasteiger partial charge in [0, 0.05) is 24.4 Å². The monoisotopic (exact) mass is 350 g/mol. The van der Waals surface area contributed by atoms with Crippen molar-refractivity contribution in [2.24, 2.45) is 0 Å². The molecule has 5 rings (SSSR count). The van der Waals surface area contributed by atoms with Gasteiger partial charge < -0.3 is 4.90 Å². The molecule has 1 aromatic heterocycles. The largest absolute Gasteiger partial charge is 0.311 e. The molecule has 1 amide bonds. The normalized spacial score (nSPS) is 14.2. The summed E-state index contributed by atoms with van der Waals surface area (Å²) in [5.74, 6) is 0.704. The number of rotatable bonds is 1. The Balaban J connectivity index is 1.91. The molecule has 5 heteroatoms. The first kappa shape index (κ1) is 15.4. The minimum atomic E-state index is -0.0287. The van der Waals surface area contributed by atoms with Crippen LogP contribution < -0.4 is 4.90 Å². The fourth-order valence-electron chi connectivity index (χ4n) is 3.78. The molecule has 27 heavy (non-hydrogen) atoms. The first-order valence-corrected chi connectivity index (χ1v) is 8.58. The van der Waals surface area contributed by atoms with Crippen LogP contribution in [0.4, 0.5) is 17.2 Å². The van der Waals surface area contributed by atoms with Gasteiger partial charge in [-0.15, -0.1) is 0 Å². The van der Waals surface area contributed by atoms with Gasteiger partial charge in [-0.2, -0.15) is 5.26 Å². The number of nitriles is 1. The maximum atomic E-state index is 12.7. The molecule has 0 N–H and O–H groups in total. The van der Waals surface area contributed by atoms with Crippen molar-refractivity contribution in [3.8, 4) is 6.07 Å². The van der Waals surface area contributed by atoms with E-state index in [1.54, 1.807) is 24.2 Å². The zero-order chi connectivity index (χ0) is 18.5. The number of aromatic nitrogens is 1. The van der Waals surface area contributed by atoms with Crippen molar-refractivity contribution in [3.63, 3.8) is 0 Å². The molecule has 2 aromatic carbocycles. The topological polar surface area (TPSA) is 60.2 Å². The molecule has 0 aliphatic carbocycles. The van der Waals surface area contributed by atoms with Crippen LogP contribution in [0.3, 0.4) is 0 Å². The smallest absolute Gasteiger partial charge is 0.258 e. The Morgan fingerprint density at radius 3 is 2.67 bits per heavy atom. The van der Waals surface area contributed by atoms with E-state index in [9.17, 15) is 10.1 Å². The number of hydrogen-bond donors (Lipinski definition) is 0. The zero-order valence-corrected chi connectivity index (χ0v) is 14.5. The molecule has 128 valence electrons. The Labute approximate surface area is 156 Å². The number of carbonyl (C=O) groups excluding carboxylic acids is 1. The van der Waals surface area contributed by atoms with Gasteiger partial charge in [0.2, 0.25) is 0 Å². The highest BCUT2D eigenvalue weighted by Gasteiger charge is 2.36. The molecular weight excluding hydrogens is 336 g/mol. The zero-order valence-electron chi connectivity index (χ0n) is 14.5. The third kappa shape index (κ3) is 2.04. The van der Waals surface area contributed by atoms with Gasteiger partial charge in [-0.3, -0.25) is 9.69 Å². The number of anilines is 3. The third-order valence-electron chi connectivity index (χ3n) is 5.02. The second-order valence-corrected chi connectivity index (χ2v) is 6.47. The lowest BCUT2D eigenvalue weighted by molar-refractivity contribution is 0.0875. The quantitative estimate of drug-likeness (QED) is 0.656. The standard InChI is InChI=1S/C22H14N4O/c1-25-19-12-14-7-5-11-24-21(14)26(17-9-3-2-6-15(17)13-23)18-10-4-8-16(20(18)19)22(25)27/h2-12H,1H3. The molecule has 0 unspecified atom stereocenters. The van der Waals surface area contributed by atoms with Crippen LogP contribution in [0.15, 0.2) is 60.8 Å². The van der Waals surface area contributed by atoms with Crippen molar-refractivity contribution >= 4 is 34.9 Å². The molecule has 0 bridgehead atoms. The maximum absolute atomic E-state index is 12.7. The summed E-state index contributed by atoms with van der Waals surface area (Å²) >= 11 is 0. The fraction of sp³-hybridized carbons (Fsp3) is 0.0455. The van der Waals surface area contributed by atoms with Crippen LogP contribution in [0.1, 0.15) is 27.0 Å². The molecule has 0 saturated heterocycles. The van der Waals surface area contributed by atoms with Crippen molar-refractivity contribution in [1.29, 1.82) is 5.26 Å². The molecular formula is C22H14N4O. The molecule has 3 heterocycles. The fourth-order valence-corrected chi connectivity index (χ4v) is 3.78. The van der Waals surface area contributed by atoms with Crippen molar-refractivity contribution in [1.82, 2.24) is 9.88 Å². The lowest BCUT2D eigenvalue weighted by Gasteiger charge is -2.26. The average molecular weight is 350 g/mol. The van der Waals surface area contributed by atoms with Gasteiger partial charge in [0.05, 0.1) is 28.2 Å². The van der Waals surface area contributed by atoms with Crippen LogP contribution in [0.5, 0.6) is 0 Å². The Hall–Kier alpha value is -3.91. The van der Waals surface area contributed by atoms with Crippen LogP contribution in [0.25, 0.3) is 11.8 Å².